The second kappa shape index (κ2) is 5.27. The molecule has 7 heteroatoms. The normalized spacial score (nSPS) is 11.0. The van der Waals surface area contributed by atoms with Gasteiger partial charge in [-0.2, -0.15) is 0 Å². The molecule has 0 saturated heterocycles. The van der Waals surface area contributed by atoms with Crippen molar-refractivity contribution < 1.29 is 0 Å². The lowest BCUT2D eigenvalue weighted by Crippen LogP contribution is -1.91. The zero-order valence-electron chi connectivity index (χ0n) is 11.2. The van der Waals surface area contributed by atoms with Crippen LogP contribution < -0.4 is 0 Å². The number of nitrogens with zero attached hydrogens (tertiary/aromatic N) is 5. The van der Waals surface area contributed by atoms with Crippen LogP contribution in [0.3, 0.4) is 0 Å². The summed E-state index contributed by atoms with van der Waals surface area (Å²) in [7, 11) is 0. The molecule has 4 aromatic heterocycles. The molecule has 0 amide bonds. The van der Waals surface area contributed by atoms with Gasteiger partial charge in [0.15, 0.2) is 0 Å². The van der Waals surface area contributed by atoms with Crippen molar-refractivity contribution in [1.82, 2.24) is 30.4 Å². The molecule has 4 aromatic rings. The van der Waals surface area contributed by atoms with Gasteiger partial charge in [0.05, 0.1) is 22.4 Å². The molecule has 0 aliphatic heterocycles. The highest BCUT2D eigenvalue weighted by Crippen LogP contribution is 2.27. The van der Waals surface area contributed by atoms with E-state index in [0.29, 0.717) is 5.69 Å². The van der Waals surface area contributed by atoms with Crippen molar-refractivity contribution in [3.8, 4) is 22.8 Å². The Hall–Kier alpha value is -2.67. The second-order valence-electron chi connectivity index (χ2n) is 4.64. The molecular formula is C15H9BrN6. The van der Waals surface area contributed by atoms with Crippen LogP contribution in [0.5, 0.6) is 0 Å². The molecule has 0 aliphatic carbocycles. The van der Waals surface area contributed by atoms with Crippen LogP contribution in [-0.2, 0) is 0 Å². The van der Waals surface area contributed by atoms with Crippen LogP contribution in [0.1, 0.15) is 0 Å². The van der Waals surface area contributed by atoms with Gasteiger partial charge >= 0.3 is 0 Å². The molecule has 1 N–H and O–H groups in total. The van der Waals surface area contributed by atoms with E-state index < -0.39 is 0 Å². The quantitative estimate of drug-likeness (QED) is 0.598. The highest BCUT2D eigenvalue weighted by atomic mass is 79.9. The average molecular weight is 353 g/mol. The SMILES string of the molecule is Brc1cnc2ccc(-c3[nH]nnc3-c3ccccn3)nc2c1. The third kappa shape index (κ3) is 2.25. The average Bonchev–Trinajstić information content (AvgIpc) is 3.04. The van der Waals surface area contributed by atoms with Crippen molar-refractivity contribution in [2.45, 2.75) is 0 Å². The van der Waals surface area contributed by atoms with Crippen LogP contribution in [-0.4, -0.2) is 30.4 Å². The summed E-state index contributed by atoms with van der Waals surface area (Å²) in [5, 5.41) is 10.9. The lowest BCUT2D eigenvalue weighted by molar-refractivity contribution is 0.941. The number of pyridine rings is 3. The number of nitrogens with one attached hydrogen (secondary N) is 1. The summed E-state index contributed by atoms with van der Waals surface area (Å²) in [5.74, 6) is 0. The Morgan fingerprint density at radius 1 is 0.955 bits per heavy atom. The number of aromatic nitrogens is 6. The summed E-state index contributed by atoms with van der Waals surface area (Å²) in [6.07, 6.45) is 3.48. The van der Waals surface area contributed by atoms with Crippen LogP contribution >= 0.6 is 15.9 Å². The number of fused-ring (bicyclic) bond motifs is 1. The van der Waals surface area contributed by atoms with E-state index in [9.17, 15) is 0 Å². The fraction of sp³-hybridized carbons (Fsp3) is 0. The predicted molar refractivity (Wildman–Crippen MR) is 85.8 cm³/mol. The maximum Gasteiger partial charge on any atom is 0.140 e. The minimum Gasteiger partial charge on any atom is -0.255 e. The standard InChI is InChI=1S/C15H9BrN6/c16-9-7-13-10(18-8-9)4-5-12(19-13)15-14(20-22-21-15)11-3-1-2-6-17-11/h1-8H,(H,20,21,22). The molecule has 0 unspecified atom stereocenters. The number of hydrogen-bond acceptors (Lipinski definition) is 5. The number of halogens is 1. The molecule has 4 rings (SSSR count). The van der Waals surface area contributed by atoms with Crippen molar-refractivity contribution in [2.75, 3.05) is 0 Å². The molecule has 4 heterocycles. The van der Waals surface area contributed by atoms with Gasteiger partial charge in [0.25, 0.3) is 0 Å². The summed E-state index contributed by atoms with van der Waals surface area (Å²) in [6.45, 7) is 0. The van der Waals surface area contributed by atoms with Gasteiger partial charge in [-0.05, 0) is 46.3 Å². The molecule has 0 radical (unpaired) electrons. The topological polar surface area (TPSA) is 80.2 Å². The molecule has 0 fully saturated rings. The number of rotatable bonds is 2. The van der Waals surface area contributed by atoms with Crippen LogP contribution in [0.2, 0.25) is 0 Å². The van der Waals surface area contributed by atoms with Gasteiger partial charge in [-0.1, -0.05) is 11.3 Å². The van der Waals surface area contributed by atoms with Gasteiger partial charge in [0.1, 0.15) is 11.4 Å². The first-order chi connectivity index (χ1) is 10.8. The van der Waals surface area contributed by atoms with Crippen LogP contribution in [0.25, 0.3) is 33.8 Å². The van der Waals surface area contributed by atoms with Crippen molar-refractivity contribution in [3.05, 3.63) is 53.3 Å². The van der Waals surface area contributed by atoms with E-state index in [1.54, 1.807) is 12.4 Å². The predicted octanol–water partition coefficient (Wildman–Crippen LogP) is 3.24. The molecule has 0 aromatic carbocycles. The Balaban J connectivity index is 1.88. The lowest BCUT2D eigenvalue weighted by Gasteiger charge is -2.03. The first kappa shape index (κ1) is 13.0. The molecule has 0 bridgehead atoms. The summed E-state index contributed by atoms with van der Waals surface area (Å²) < 4.78 is 0.886. The van der Waals surface area contributed by atoms with Gasteiger partial charge in [-0.25, -0.2) is 4.98 Å². The highest BCUT2D eigenvalue weighted by molar-refractivity contribution is 9.10. The molecule has 6 nitrogen and oxygen atoms in total. The van der Waals surface area contributed by atoms with Crippen LogP contribution in [0.15, 0.2) is 53.3 Å². The van der Waals surface area contributed by atoms with Gasteiger partial charge in [0.2, 0.25) is 0 Å². The first-order valence-electron chi connectivity index (χ1n) is 6.56. The second-order valence-corrected chi connectivity index (χ2v) is 5.55. The summed E-state index contributed by atoms with van der Waals surface area (Å²) in [5.41, 5.74) is 4.54. The van der Waals surface area contributed by atoms with Crippen molar-refractivity contribution >= 4 is 27.0 Å². The Morgan fingerprint density at radius 2 is 1.91 bits per heavy atom. The summed E-state index contributed by atoms with van der Waals surface area (Å²) >= 11 is 3.41. The fourth-order valence-electron chi connectivity index (χ4n) is 2.21. The molecule has 22 heavy (non-hydrogen) atoms. The van der Waals surface area contributed by atoms with Crippen molar-refractivity contribution in [1.29, 1.82) is 0 Å². The minimum atomic E-state index is 0.676. The first-order valence-corrected chi connectivity index (χ1v) is 7.36. The Labute approximate surface area is 133 Å². The molecular weight excluding hydrogens is 344 g/mol. The minimum absolute atomic E-state index is 0.676. The number of hydrogen-bond donors (Lipinski definition) is 1. The van der Waals surface area contributed by atoms with E-state index in [4.69, 9.17) is 0 Å². The van der Waals surface area contributed by atoms with Crippen molar-refractivity contribution in [2.24, 2.45) is 0 Å². The van der Waals surface area contributed by atoms with Gasteiger partial charge < -0.3 is 0 Å². The summed E-state index contributed by atoms with van der Waals surface area (Å²) in [6, 6.07) is 11.4. The van der Waals surface area contributed by atoms with Crippen molar-refractivity contribution in [3.63, 3.8) is 0 Å². The Kier molecular flexibility index (Phi) is 3.12. The monoisotopic (exact) mass is 352 g/mol. The third-order valence-corrected chi connectivity index (χ3v) is 3.65. The van der Waals surface area contributed by atoms with Gasteiger partial charge in [-0.15, -0.1) is 5.10 Å². The number of H-pyrrole nitrogens is 1. The van der Waals surface area contributed by atoms with E-state index >= 15 is 0 Å². The van der Waals surface area contributed by atoms with Gasteiger partial charge in [0, 0.05) is 16.9 Å². The van der Waals surface area contributed by atoms with E-state index in [0.717, 1.165) is 32.6 Å². The summed E-state index contributed by atoms with van der Waals surface area (Å²) in [4.78, 5) is 13.3. The van der Waals surface area contributed by atoms with E-state index in [1.165, 1.54) is 0 Å². The zero-order chi connectivity index (χ0) is 14.9. The van der Waals surface area contributed by atoms with Crippen LogP contribution in [0.4, 0.5) is 0 Å². The molecule has 0 saturated carbocycles. The lowest BCUT2D eigenvalue weighted by atomic mass is 10.1. The molecule has 0 aliphatic rings. The van der Waals surface area contributed by atoms with Crippen LogP contribution in [0, 0.1) is 0 Å². The van der Waals surface area contributed by atoms with E-state index in [1.807, 2.05) is 36.4 Å². The maximum absolute atomic E-state index is 4.63. The Bertz CT molecular complexity index is 951. The molecule has 0 spiro atoms. The fourth-order valence-corrected chi connectivity index (χ4v) is 2.53. The van der Waals surface area contributed by atoms with E-state index in [2.05, 4.69) is 46.3 Å². The number of aromatic amines is 1. The third-order valence-electron chi connectivity index (χ3n) is 3.22. The molecule has 0 atom stereocenters. The maximum atomic E-state index is 4.63. The molecule has 106 valence electrons. The zero-order valence-corrected chi connectivity index (χ0v) is 12.8. The van der Waals surface area contributed by atoms with E-state index in [-0.39, 0.29) is 0 Å². The Morgan fingerprint density at radius 3 is 2.77 bits per heavy atom. The smallest absolute Gasteiger partial charge is 0.140 e. The largest absolute Gasteiger partial charge is 0.255 e. The van der Waals surface area contributed by atoms with Gasteiger partial charge in [-0.3, -0.25) is 15.1 Å². The highest BCUT2D eigenvalue weighted by Gasteiger charge is 2.14.